The van der Waals surface area contributed by atoms with Crippen molar-refractivity contribution in [3.05, 3.63) is 98.6 Å². The van der Waals surface area contributed by atoms with Gasteiger partial charge in [0.05, 0.1) is 23.5 Å². The van der Waals surface area contributed by atoms with Gasteiger partial charge in [-0.05, 0) is 61.6 Å². The molecule has 4 N–H and O–H groups in total. The molecule has 2 aromatic heterocycles. The predicted molar refractivity (Wildman–Crippen MR) is 143 cm³/mol. The number of hydrazine groups is 1. The molecule has 3 aromatic rings. The summed E-state index contributed by atoms with van der Waals surface area (Å²) in [6.07, 6.45) is -2.42. The van der Waals surface area contributed by atoms with Crippen molar-refractivity contribution in [3.8, 4) is 0 Å². The zero-order valence-corrected chi connectivity index (χ0v) is 22.6. The lowest BCUT2D eigenvalue weighted by Gasteiger charge is -2.24. The fourth-order valence-corrected chi connectivity index (χ4v) is 4.67. The Morgan fingerprint density at radius 2 is 1.80 bits per heavy atom. The zero-order valence-electron chi connectivity index (χ0n) is 22.6. The number of hydrogen-bond acceptors (Lipinski definition) is 6. The highest BCUT2D eigenvalue weighted by Gasteiger charge is 2.34. The highest BCUT2D eigenvalue weighted by molar-refractivity contribution is 5.63. The number of nitrogens with zero attached hydrogens (tertiary/aromatic N) is 4. The average molecular weight is 583 g/mol. The normalized spacial score (nSPS) is 14.8. The largest absolute Gasteiger partial charge is 0.418 e. The number of benzene rings is 1. The minimum atomic E-state index is -4.69. The van der Waals surface area contributed by atoms with Crippen molar-refractivity contribution in [2.24, 2.45) is 11.6 Å². The molecule has 41 heavy (non-hydrogen) atoms. The maximum Gasteiger partial charge on any atom is 0.418 e. The second kappa shape index (κ2) is 13.7. The SMILES string of the molecule is CN(N)/C(=C(\N)c1cc(C2CCCCC2)c(=O)n(Cc2ncccc2C(F)(F)F)n1)C(F)F.Cc1cccc(F)c1. The van der Waals surface area contributed by atoms with Crippen molar-refractivity contribution in [2.45, 2.75) is 64.1 Å². The lowest BCUT2D eigenvalue weighted by molar-refractivity contribution is -0.138. The minimum Gasteiger partial charge on any atom is -0.395 e. The van der Waals surface area contributed by atoms with Crippen LogP contribution < -0.4 is 17.1 Å². The Morgan fingerprint density at radius 1 is 1.12 bits per heavy atom. The molecule has 2 heterocycles. The van der Waals surface area contributed by atoms with E-state index < -0.39 is 47.4 Å². The molecule has 0 bridgehead atoms. The van der Waals surface area contributed by atoms with Crippen LogP contribution in [0.2, 0.25) is 0 Å². The van der Waals surface area contributed by atoms with Gasteiger partial charge >= 0.3 is 6.18 Å². The number of aryl methyl sites for hydroxylation is 1. The first kappa shape index (κ1) is 31.7. The quantitative estimate of drug-likeness (QED) is 0.223. The van der Waals surface area contributed by atoms with Gasteiger partial charge < -0.3 is 10.7 Å². The fourth-order valence-electron chi connectivity index (χ4n) is 4.67. The highest BCUT2D eigenvalue weighted by Crippen LogP contribution is 2.33. The number of rotatable bonds is 6. The first-order valence-corrected chi connectivity index (χ1v) is 12.9. The predicted octanol–water partition coefficient (Wildman–Crippen LogP) is 5.59. The Balaban J connectivity index is 0.000000496. The molecule has 13 heteroatoms. The van der Waals surface area contributed by atoms with Crippen LogP contribution in [-0.4, -0.2) is 33.2 Å². The summed E-state index contributed by atoms with van der Waals surface area (Å²) in [5, 5.41) is 4.68. The second-order valence-corrected chi connectivity index (χ2v) is 9.79. The first-order chi connectivity index (χ1) is 19.3. The van der Waals surface area contributed by atoms with E-state index in [2.05, 4.69) is 10.1 Å². The Labute approximate surface area is 233 Å². The van der Waals surface area contributed by atoms with Crippen molar-refractivity contribution in [3.63, 3.8) is 0 Å². The van der Waals surface area contributed by atoms with E-state index in [1.165, 1.54) is 31.4 Å². The van der Waals surface area contributed by atoms with Crippen LogP contribution in [0.4, 0.5) is 26.3 Å². The van der Waals surface area contributed by atoms with Gasteiger partial charge in [-0.2, -0.15) is 18.3 Å². The molecule has 0 spiro atoms. The summed E-state index contributed by atoms with van der Waals surface area (Å²) in [6, 6.07) is 9.84. The third kappa shape index (κ3) is 8.32. The third-order valence-corrected chi connectivity index (χ3v) is 6.66. The summed E-state index contributed by atoms with van der Waals surface area (Å²) in [6.45, 7) is 1.26. The van der Waals surface area contributed by atoms with Crippen molar-refractivity contribution >= 4 is 5.70 Å². The molecular formula is C28H32F6N6O. The molecule has 1 aliphatic carbocycles. The highest BCUT2D eigenvalue weighted by atomic mass is 19.4. The van der Waals surface area contributed by atoms with Crippen LogP contribution in [0.5, 0.6) is 0 Å². The molecule has 1 aromatic carbocycles. The van der Waals surface area contributed by atoms with E-state index in [0.29, 0.717) is 17.9 Å². The lowest BCUT2D eigenvalue weighted by Crippen LogP contribution is -2.34. The topological polar surface area (TPSA) is 103 Å². The van der Waals surface area contributed by atoms with Gasteiger partial charge in [0.1, 0.15) is 17.2 Å². The van der Waals surface area contributed by atoms with Gasteiger partial charge in [-0.1, -0.05) is 31.4 Å². The molecule has 1 aliphatic rings. The standard InChI is InChI=1S/C21H25F5N6O.C7H7F/c1-31(28)18(19(22)23)17(27)15-10-13(12-6-3-2-4-7-12)20(33)32(30-15)11-16-14(21(24,25)26)8-5-9-29-16;1-6-3-2-4-7(8)5-6/h5,8-10,12,19H,2-4,6-7,11,27-28H2,1H3;2-5H,1H3/b18-17-;. The molecule has 1 fully saturated rings. The first-order valence-electron chi connectivity index (χ1n) is 12.9. The smallest absolute Gasteiger partial charge is 0.395 e. The molecule has 0 radical (unpaired) electrons. The van der Waals surface area contributed by atoms with Crippen LogP contribution in [0.1, 0.15) is 66.1 Å². The summed E-state index contributed by atoms with van der Waals surface area (Å²) in [7, 11) is 1.18. The Morgan fingerprint density at radius 3 is 2.34 bits per heavy atom. The minimum absolute atomic E-state index is 0.160. The number of allylic oxidation sites excluding steroid dienone is 1. The van der Waals surface area contributed by atoms with E-state index in [9.17, 15) is 31.1 Å². The average Bonchev–Trinajstić information content (AvgIpc) is 2.90. The summed E-state index contributed by atoms with van der Waals surface area (Å²) < 4.78 is 80.4. The summed E-state index contributed by atoms with van der Waals surface area (Å²) >= 11 is 0. The summed E-state index contributed by atoms with van der Waals surface area (Å²) in [5.41, 5.74) is 3.83. The van der Waals surface area contributed by atoms with Crippen LogP contribution in [0, 0.1) is 12.7 Å². The Bertz CT molecular complexity index is 1390. The molecule has 4 rings (SSSR count). The summed E-state index contributed by atoms with van der Waals surface area (Å²) in [4.78, 5) is 17.0. The summed E-state index contributed by atoms with van der Waals surface area (Å²) in [5.74, 6) is 5.16. The van der Waals surface area contributed by atoms with Crippen molar-refractivity contribution in [1.29, 1.82) is 0 Å². The van der Waals surface area contributed by atoms with Crippen molar-refractivity contribution in [1.82, 2.24) is 19.8 Å². The second-order valence-electron chi connectivity index (χ2n) is 9.79. The van der Waals surface area contributed by atoms with Crippen LogP contribution in [0.25, 0.3) is 5.70 Å². The maximum atomic E-state index is 13.6. The van der Waals surface area contributed by atoms with Gasteiger partial charge in [-0.15, -0.1) is 0 Å². The molecule has 1 saturated carbocycles. The van der Waals surface area contributed by atoms with Crippen LogP contribution in [0.3, 0.4) is 0 Å². The molecule has 7 nitrogen and oxygen atoms in total. The molecule has 0 amide bonds. The van der Waals surface area contributed by atoms with Gasteiger partial charge in [0.15, 0.2) is 0 Å². The van der Waals surface area contributed by atoms with Gasteiger partial charge in [0, 0.05) is 18.8 Å². The number of hydrogen-bond donors (Lipinski definition) is 2. The monoisotopic (exact) mass is 582 g/mol. The molecule has 0 unspecified atom stereocenters. The zero-order chi connectivity index (χ0) is 30.3. The van der Waals surface area contributed by atoms with Gasteiger partial charge in [0.2, 0.25) is 0 Å². The fraction of sp³-hybridized carbons (Fsp3) is 0.393. The van der Waals surface area contributed by atoms with Crippen molar-refractivity contribution < 1.29 is 26.3 Å². The van der Waals surface area contributed by atoms with Crippen LogP contribution in [-0.2, 0) is 12.7 Å². The molecular weight excluding hydrogens is 550 g/mol. The maximum absolute atomic E-state index is 13.6. The van der Waals surface area contributed by atoms with E-state index in [1.54, 1.807) is 6.07 Å². The van der Waals surface area contributed by atoms with E-state index in [4.69, 9.17) is 11.6 Å². The van der Waals surface area contributed by atoms with Crippen LogP contribution in [0.15, 0.2) is 59.2 Å². The van der Waals surface area contributed by atoms with Crippen molar-refractivity contribution in [2.75, 3.05) is 7.05 Å². The number of aromatic nitrogens is 3. The number of nitrogens with two attached hydrogens (primary N) is 2. The van der Waals surface area contributed by atoms with Crippen LogP contribution >= 0.6 is 0 Å². The van der Waals surface area contributed by atoms with Gasteiger partial charge in [0.25, 0.3) is 12.0 Å². The van der Waals surface area contributed by atoms with Gasteiger partial charge in [-0.3, -0.25) is 9.78 Å². The molecule has 0 aliphatic heterocycles. The van der Waals surface area contributed by atoms with E-state index >= 15 is 0 Å². The third-order valence-electron chi connectivity index (χ3n) is 6.66. The van der Waals surface area contributed by atoms with E-state index in [0.717, 1.165) is 41.6 Å². The van der Waals surface area contributed by atoms with E-state index in [1.807, 2.05) is 13.0 Å². The number of alkyl halides is 5. The molecule has 0 saturated heterocycles. The molecule has 0 atom stereocenters. The number of halogens is 6. The Hall–Kier alpha value is -3.87. The molecule has 222 valence electrons. The van der Waals surface area contributed by atoms with Gasteiger partial charge in [-0.25, -0.2) is 23.7 Å². The Kier molecular flexibility index (Phi) is 10.5. The van der Waals surface area contributed by atoms with E-state index in [-0.39, 0.29) is 23.0 Å². The lowest BCUT2D eigenvalue weighted by atomic mass is 9.84. The number of pyridine rings is 1.